The number of hydrogen-bond acceptors (Lipinski definition) is 5. The van der Waals surface area contributed by atoms with Crippen molar-refractivity contribution in [3.8, 4) is 11.5 Å². The van der Waals surface area contributed by atoms with Gasteiger partial charge in [-0.25, -0.2) is 9.97 Å². The number of rotatable bonds is 8. The van der Waals surface area contributed by atoms with Gasteiger partial charge in [0.25, 0.3) is 0 Å². The molecule has 0 saturated heterocycles. The third-order valence-electron chi connectivity index (χ3n) is 4.49. The van der Waals surface area contributed by atoms with Crippen LogP contribution in [0.1, 0.15) is 36.7 Å². The van der Waals surface area contributed by atoms with E-state index in [9.17, 15) is 0 Å². The molecular formula is C23H27N3O2. The van der Waals surface area contributed by atoms with Crippen molar-refractivity contribution in [3.63, 3.8) is 0 Å². The third-order valence-corrected chi connectivity index (χ3v) is 4.49. The van der Waals surface area contributed by atoms with Crippen molar-refractivity contribution >= 4 is 22.8 Å². The Balaban J connectivity index is 1.87. The van der Waals surface area contributed by atoms with Gasteiger partial charge >= 0.3 is 0 Å². The molecule has 5 nitrogen and oxygen atoms in total. The minimum Gasteiger partial charge on any atom is -0.493 e. The van der Waals surface area contributed by atoms with E-state index in [1.54, 1.807) is 14.2 Å². The number of aryl methyl sites for hydroxylation is 1. The molecule has 0 bridgehead atoms. The Morgan fingerprint density at radius 1 is 1.04 bits per heavy atom. The molecule has 3 aromatic rings. The number of fused-ring (bicyclic) bond motifs is 1. The Hall–Kier alpha value is -3.08. The van der Waals surface area contributed by atoms with E-state index >= 15 is 0 Å². The number of nitrogens with zero attached hydrogens (tertiary/aromatic N) is 2. The summed E-state index contributed by atoms with van der Waals surface area (Å²) in [6.07, 6.45) is 6.65. The Morgan fingerprint density at radius 3 is 2.57 bits per heavy atom. The molecule has 0 aliphatic heterocycles. The maximum Gasteiger partial charge on any atom is 0.162 e. The molecular weight excluding hydrogens is 350 g/mol. The highest BCUT2D eigenvalue weighted by atomic mass is 16.5. The molecule has 2 aromatic carbocycles. The van der Waals surface area contributed by atoms with E-state index in [2.05, 4.69) is 58.6 Å². The number of benzene rings is 2. The first-order valence-electron chi connectivity index (χ1n) is 9.54. The average Bonchev–Trinajstić information content (AvgIpc) is 2.71. The second-order valence-electron chi connectivity index (χ2n) is 6.63. The zero-order chi connectivity index (χ0) is 19.9. The van der Waals surface area contributed by atoms with Gasteiger partial charge in [-0.1, -0.05) is 43.7 Å². The SMILES string of the molecule is CCC/C=C/c1cccc(CNc2nc(C)nc3cc(OC)c(OC)cc23)c1. The molecule has 0 aliphatic rings. The van der Waals surface area contributed by atoms with Crippen LogP contribution in [0.3, 0.4) is 0 Å². The number of ether oxygens (including phenoxy) is 2. The van der Waals surface area contributed by atoms with Crippen molar-refractivity contribution in [3.05, 3.63) is 59.4 Å². The van der Waals surface area contributed by atoms with Gasteiger partial charge in [-0.2, -0.15) is 0 Å². The topological polar surface area (TPSA) is 56.3 Å². The van der Waals surface area contributed by atoms with Crippen LogP contribution in [0.5, 0.6) is 11.5 Å². The highest BCUT2D eigenvalue weighted by Crippen LogP contribution is 2.34. The molecule has 1 aromatic heterocycles. The number of nitrogens with one attached hydrogen (secondary N) is 1. The minimum absolute atomic E-state index is 0.658. The first-order chi connectivity index (χ1) is 13.6. The van der Waals surface area contributed by atoms with E-state index in [1.165, 1.54) is 11.1 Å². The summed E-state index contributed by atoms with van der Waals surface area (Å²) < 4.78 is 10.8. The Morgan fingerprint density at radius 2 is 1.82 bits per heavy atom. The molecule has 0 atom stereocenters. The highest BCUT2D eigenvalue weighted by molar-refractivity contribution is 5.91. The fourth-order valence-corrected chi connectivity index (χ4v) is 3.09. The van der Waals surface area contributed by atoms with Crippen LogP contribution < -0.4 is 14.8 Å². The van der Waals surface area contributed by atoms with Gasteiger partial charge in [0.05, 0.1) is 19.7 Å². The van der Waals surface area contributed by atoms with Crippen molar-refractivity contribution in [2.75, 3.05) is 19.5 Å². The third kappa shape index (κ3) is 4.60. The molecule has 1 heterocycles. The number of aromatic nitrogens is 2. The van der Waals surface area contributed by atoms with Crippen LogP contribution in [0.2, 0.25) is 0 Å². The molecule has 3 rings (SSSR count). The van der Waals surface area contributed by atoms with Gasteiger partial charge in [0.2, 0.25) is 0 Å². The maximum atomic E-state index is 5.44. The number of allylic oxidation sites excluding steroid dienone is 1. The van der Waals surface area contributed by atoms with Gasteiger partial charge in [0.1, 0.15) is 11.6 Å². The lowest BCUT2D eigenvalue weighted by atomic mass is 10.1. The summed E-state index contributed by atoms with van der Waals surface area (Å²) >= 11 is 0. The summed E-state index contributed by atoms with van der Waals surface area (Å²) in [7, 11) is 3.25. The molecule has 0 amide bonds. The van der Waals surface area contributed by atoms with E-state index in [-0.39, 0.29) is 0 Å². The highest BCUT2D eigenvalue weighted by Gasteiger charge is 2.12. The standard InChI is InChI=1S/C23H27N3O2/c1-5-6-7-9-17-10-8-11-18(12-17)15-24-23-19-13-21(27-3)22(28-4)14-20(19)25-16(2)26-23/h7-14H,5-6,15H2,1-4H3,(H,24,25,26)/b9-7+. The maximum absolute atomic E-state index is 5.44. The summed E-state index contributed by atoms with van der Waals surface area (Å²) in [6, 6.07) is 12.3. The minimum atomic E-state index is 0.658. The second kappa shape index (κ2) is 9.22. The van der Waals surface area contributed by atoms with Crippen molar-refractivity contribution < 1.29 is 9.47 Å². The van der Waals surface area contributed by atoms with Crippen LogP contribution >= 0.6 is 0 Å². The Bertz CT molecular complexity index is 983. The molecule has 0 saturated carbocycles. The summed E-state index contributed by atoms with van der Waals surface area (Å²) in [5.74, 6) is 2.81. The van der Waals surface area contributed by atoms with Gasteiger partial charge in [-0.3, -0.25) is 0 Å². The van der Waals surface area contributed by atoms with Gasteiger partial charge in [-0.05, 0) is 36.6 Å². The monoisotopic (exact) mass is 377 g/mol. The van der Waals surface area contributed by atoms with E-state index < -0.39 is 0 Å². The van der Waals surface area contributed by atoms with Gasteiger partial charge < -0.3 is 14.8 Å². The smallest absolute Gasteiger partial charge is 0.162 e. The molecule has 0 aliphatic carbocycles. The van der Waals surface area contributed by atoms with Gasteiger partial charge in [-0.15, -0.1) is 0 Å². The lowest BCUT2D eigenvalue weighted by molar-refractivity contribution is 0.356. The Kier molecular flexibility index (Phi) is 6.48. The lowest BCUT2D eigenvalue weighted by Gasteiger charge is -2.13. The van der Waals surface area contributed by atoms with E-state index in [1.807, 2.05) is 19.1 Å². The van der Waals surface area contributed by atoms with Crippen LogP contribution in [0.4, 0.5) is 5.82 Å². The zero-order valence-corrected chi connectivity index (χ0v) is 17.0. The predicted octanol–water partition coefficient (Wildman–Crippen LogP) is 5.38. The molecule has 0 radical (unpaired) electrons. The van der Waals surface area contributed by atoms with E-state index in [0.717, 1.165) is 29.6 Å². The van der Waals surface area contributed by atoms with Crippen molar-refractivity contribution in [1.82, 2.24) is 9.97 Å². The molecule has 146 valence electrons. The fraction of sp³-hybridized carbons (Fsp3) is 0.304. The molecule has 1 N–H and O–H groups in total. The zero-order valence-electron chi connectivity index (χ0n) is 17.0. The van der Waals surface area contributed by atoms with Crippen LogP contribution in [0.15, 0.2) is 42.5 Å². The normalized spacial score (nSPS) is 11.1. The van der Waals surface area contributed by atoms with Gasteiger partial charge in [0, 0.05) is 18.0 Å². The number of methoxy groups -OCH3 is 2. The molecule has 5 heteroatoms. The summed E-state index contributed by atoms with van der Waals surface area (Å²) in [4.78, 5) is 9.13. The Labute approximate surface area is 166 Å². The molecule has 28 heavy (non-hydrogen) atoms. The van der Waals surface area contributed by atoms with Crippen molar-refractivity contribution in [1.29, 1.82) is 0 Å². The van der Waals surface area contributed by atoms with Crippen LogP contribution in [-0.4, -0.2) is 24.2 Å². The summed E-state index contributed by atoms with van der Waals surface area (Å²) in [6.45, 7) is 4.75. The summed E-state index contributed by atoms with van der Waals surface area (Å²) in [5.41, 5.74) is 3.23. The van der Waals surface area contributed by atoms with Crippen LogP contribution in [0, 0.1) is 6.92 Å². The van der Waals surface area contributed by atoms with Crippen molar-refractivity contribution in [2.24, 2.45) is 0 Å². The second-order valence-corrected chi connectivity index (χ2v) is 6.63. The van der Waals surface area contributed by atoms with Crippen molar-refractivity contribution in [2.45, 2.75) is 33.2 Å². The molecule has 0 spiro atoms. The predicted molar refractivity (Wildman–Crippen MR) is 115 cm³/mol. The largest absolute Gasteiger partial charge is 0.493 e. The lowest BCUT2D eigenvalue weighted by Crippen LogP contribution is -2.05. The quantitative estimate of drug-likeness (QED) is 0.571. The summed E-state index contributed by atoms with van der Waals surface area (Å²) in [5, 5.41) is 4.36. The average molecular weight is 377 g/mol. The molecule has 0 unspecified atom stereocenters. The molecule has 0 fully saturated rings. The van der Waals surface area contributed by atoms with Crippen LogP contribution in [-0.2, 0) is 6.54 Å². The van der Waals surface area contributed by atoms with Gasteiger partial charge in [0.15, 0.2) is 11.5 Å². The van der Waals surface area contributed by atoms with E-state index in [0.29, 0.717) is 23.9 Å². The van der Waals surface area contributed by atoms with E-state index in [4.69, 9.17) is 9.47 Å². The number of anilines is 1. The fourth-order valence-electron chi connectivity index (χ4n) is 3.09. The first-order valence-corrected chi connectivity index (χ1v) is 9.54. The number of hydrogen-bond donors (Lipinski definition) is 1. The van der Waals surface area contributed by atoms with Crippen LogP contribution in [0.25, 0.3) is 17.0 Å². The first kappa shape index (κ1) is 19.7. The number of unbranched alkanes of at least 4 members (excludes halogenated alkanes) is 1.